The van der Waals surface area contributed by atoms with Crippen molar-refractivity contribution < 1.29 is 9.18 Å². The minimum absolute atomic E-state index is 0.182. The standard InChI is InChI=1S/C12H15FO/c1-3-12(2,13)11(14)9-10-7-5-4-6-8-10/h4-8H,3,9H2,1-2H3. The molecular weight excluding hydrogens is 179 g/mol. The first-order chi connectivity index (χ1) is 6.56. The molecule has 1 atom stereocenters. The van der Waals surface area contributed by atoms with Crippen LogP contribution in [0.4, 0.5) is 4.39 Å². The Hall–Kier alpha value is -1.18. The van der Waals surface area contributed by atoms with Crippen LogP contribution < -0.4 is 0 Å². The van der Waals surface area contributed by atoms with Gasteiger partial charge in [-0.3, -0.25) is 4.79 Å². The third kappa shape index (κ3) is 2.66. The Morgan fingerprint density at radius 2 is 1.93 bits per heavy atom. The number of Topliss-reactive ketones (excluding diaryl/α,β-unsaturated/α-hetero) is 1. The first-order valence-electron chi connectivity index (χ1n) is 4.82. The molecule has 0 fully saturated rings. The summed E-state index contributed by atoms with van der Waals surface area (Å²) >= 11 is 0. The molecule has 0 amide bonds. The van der Waals surface area contributed by atoms with E-state index in [1.165, 1.54) is 6.92 Å². The molecule has 1 rings (SSSR count). The normalized spacial score (nSPS) is 14.8. The van der Waals surface area contributed by atoms with Gasteiger partial charge in [0.15, 0.2) is 11.5 Å². The lowest BCUT2D eigenvalue weighted by atomic mass is 9.95. The van der Waals surface area contributed by atoms with E-state index in [1.54, 1.807) is 6.92 Å². The average Bonchev–Trinajstić information content (AvgIpc) is 2.19. The molecule has 2 heteroatoms. The second-order valence-electron chi connectivity index (χ2n) is 3.64. The van der Waals surface area contributed by atoms with Crippen molar-refractivity contribution in [1.82, 2.24) is 0 Å². The molecule has 0 saturated carbocycles. The molecule has 0 radical (unpaired) electrons. The van der Waals surface area contributed by atoms with Crippen LogP contribution in [0.15, 0.2) is 30.3 Å². The summed E-state index contributed by atoms with van der Waals surface area (Å²) in [6.07, 6.45) is 0.417. The lowest BCUT2D eigenvalue weighted by molar-refractivity contribution is -0.129. The van der Waals surface area contributed by atoms with Crippen LogP contribution in [0.3, 0.4) is 0 Å². The zero-order chi connectivity index (χ0) is 10.6. The van der Waals surface area contributed by atoms with Gasteiger partial charge in [-0.1, -0.05) is 37.3 Å². The summed E-state index contributed by atoms with van der Waals surface area (Å²) in [4.78, 5) is 11.5. The smallest absolute Gasteiger partial charge is 0.174 e. The van der Waals surface area contributed by atoms with Gasteiger partial charge in [-0.05, 0) is 18.9 Å². The van der Waals surface area contributed by atoms with Gasteiger partial charge in [0.2, 0.25) is 0 Å². The van der Waals surface area contributed by atoms with E-state index >= 15 is 0 Å². The van der Waals surface area contributed by atoms with Crippen molar-refractivity contribution in [1.29, 1.82) is 0 Å². The lowest BCUT2D eigenvalue weighted by Crippen LogP contribution is -2.30. The Kier molecular flexibility index (Phi) is 3.39. The van der Waals surface area contributed by atoms with E-state index in [4.69, 9.17) is 0 Å². The van der Waals surface area contributed by atoms with Gasteiger partial charge in [-0.15, -0.1) is 0 Å². The molecule has 0 N–H and O–H groups in total. The van der Waals surface area contributed by atoms with E-state index in [9.17, 15) is 9.18 Å². The summed E-state index contributed by atoms with van der Waals surface area (Å²) in [6.45, 7) is 3.03. The fourth-order valence-corrected chi connectivity index (χ4v) is 1.16. The molecule has 0 saturated heterocycles. The maximum atomic E-state index is 13.5. The SMILES string of the molecule is CCC(C)(F)C(=O)Cc1ccccc1. The van der Waals surface area contributed by atoms with Gasteiger partial charge < -0.3 is 0 Å². The maximum Gasteiger partial charge on any atom is 0.174 e. The number of ketones is 1. The summed E-state index contributed by atoms with van der Waals surface area (Å²) < 4.78 is 13.5. The van der Waals surface area contributed by atoms with Crippen molar-refractivity contribution in [3.05, 3.63) is 35.9 Å². The highest BCUT2D eigenvalue weighted by Gasteiger charge is 2.29. The Balaban J connectivity index is 2.67. The molecule has 0 aliphatic carbocycles. The summed E-state index contributed by atoms with van der Waals surface area (Å²) in [5.74, 6) is -0.341. The summed E-state index contributed by atoms with van der Waals surface area (Å²) in [5, 5.41) is 0. The molecule has 0 aliphatic heterocycles. The Morgan fingerprint density at radius 1 is 1.36 bits per heavy atom. The largest absolute Gasteiger partial charge is 0.296 e. The number of carbonyl (C=O) groups is 1. The Morgan fingerprint density at radius 3 is 2.43 bits per heavy atom. The van der Waals surface area contributed by atoms with Crippen LogP contribution in [-0.2, 0) is 11.2 Å². The minimum Gasteiger partial charge on any atom is -0.296 e. The van der Waals surface area contributed by atoms with Crippen LogP contribution in [0.25, 0.3) is 0 Å². The van der Waals surface area contributed by atoms with Gasteiger partial charge in [0.25, 0.3) is 0 Å². The fraction of sp³-hybridized carbons (Fsp3) is 0.417. The average molecular weight is 194 g/mol. The first kappa shape index (κ1) is 10.9. The highest BCUT2D eigenvalue weighted by molar-refractivity contribution is 5.88. The van der Waals surface area contributed by atoms with Crippen molar-refractivity contribution in [3.63, 3.8) is 0 Å². The molecule has 0 bridgehead atoms. The fourth-order valence-electron chi connectivity index (χ4n) is 1.16. The highest BCUT2D eigenvalue weighted by Crippen LogP contribution is 2.18. The molecule has 76 valence electrons. The minimum atomic E-state index is -1.68. The highest BCUT2D eigenvalue weighted by atomic mass is 19.1. The molecule has 0 heterocycles. The predicted molar refractivity (Wildman–Crippen MR) is 55.0 cm³/mol. The van der Waals surface area contributed by atoms with Crippen LogP contribution >= 0.6 is 0 Å². The van der Waals surface area contributed by atoms with E-state index in [0.717, 1.165) is 5.56 Å². The molecule has 0 aromatic heterocycles. The van der Waals surface area contributed by atoms with Gasteiger partial charge in [-0.2, -0.15) is 0 Å². The molecular formula is C12H15FO. The number of hydrogen-bond donors (Lipinski definition) is 0. The number of rotatable bonds is 4. The number of halogens is 1. The third-order valence-electron chi connectivity index (χ3n) is 2.45. The van der Waals surface area contributed by atoms with Crippen molar-refractivity contribution in [2.24, 2.45) is 0 Å². The Labute approximate surface area is 83.9 Å². The summed E-state index contributed by atoms with van der Waals surface area (Å²) in [5.41, 5.74) is -0.814. The number of benzene rings is 1. The summed E-state index contributed by atoms with van der Waals surface area (Å²) in [7, 11) is 0. The number of carbonyl (C=O) groups excluding carboxylic acids is 1. The van der Waals surface area contributed by atoms with Crippen molar-refractivity contribution >= 4 is 5.78 Å². The molecule has 0 spiro atoms. The van der Waals surface area contributed by atoms with Crippen molar-refractivity contribution in [2.45, 2.75) is 32.4 Å². The maximum absolute atomic E-state index is 13.5. The number of alkyl halides is 1. The van der Waals surface area contributed by atoms with E-state index in [2.05, 4.69) is 0 Å². The van der Waals surface area contributed by atoms with E-state index < -0.39 is 5.67 Å². The second kappa shape index (κ2) is 4.36. The third-order valence-corrected chi connectivity index (χ3v) is 2.45. The molecule has 1 unspecified atom stereocenters. The van der Waals surface area contributed by atoms with Crippen LogP contribution in [0.2, 0.25) is 0 Å². The quantitative estimate of drug-likeness (QED) is 0.720. The predicted octanol–water partition coefficient (Wildman–Crippen LogP) is 2.94. The molecule has 0 aliphatic rings. The van der Waals surface area contributed by atoms with Crippen molar-refractivity contribution in [3.8, 4) is 0 Å². The first-order valence-corrected chi connectivity index (χ1v) is 4.82. The second-order valence-corrected chi connectivity index (χ2v) is 3.64. The van der Waals surface area contributed by atoms with Gasteiger partial charge in [0.1, 0.15) is 0 Å². The van der Waals surface area contributed by atoms with Gasteiger partial charge in [-0.25, -0.2) is 4.39 Å². The van der Waals surface area contributed by atoms with Crippen LogP contribution in [0, 0.1) is 0 Å². The van der Waals surface area contributed by atoms with Gasteiger partial charge in [0.05, 0.1) is 0 Å². The van der Waals surface area contributed by atoms with Gasteiger partial charge in [0, 0.05) is 6.42 Å². The van der Waals surface area contributed by atoms with Crippen molar-refractivity contribution in [2.75, 3.05) is 0 Å². The van der Waals surface area contributed by atoms with Gasteiger partial charge >= 0.3 is 0 Å². The van der Waals surface area contributed by atoms with E-state index in [0.29, 0.717) is 0 Å². The van der Waals surface area contributed by atoms with E-state index in [1.807, 2.05) is 30.3 Å². The topological polar surface area (TPSA) is 17.1 Å². The zero-order valence-electron chi connectivity index (χ0n) is 8.59. The molecule has 1 aromatic carbocycles. The molecule has 1 aromatic rings. The summed E-state index contributed by atoms with van der Waals surface area (Å²) in [6, 6.07) is 9.25. The number of hydrogen-bond acceptors (Lipinski definition) is 1. The van der Waals surface area contributed by atoms with Crippen LogP contribution in [0.5, 0.6) is 0 Å². The lowest BCUT2D eigenvalue weighted by Gasteiger charge is -2.16. The monoisotopic (exact) mass is 194 g/mol. The van der Waals surface area contributed by atoms with Crippen LogP contribution in [0.1, 0.15) is 25.8 Å². The molecule has 1 nitrogen and oxygen atoms in total. The van der Waals surface area contributed by atoms with E-state index in [-0.39, 0.29) is 18.6 Å². The zero-order valence-corrected chi connectivity index (χ0v) is 8.59. The Bertz CT molecular complexity index is 303. The van der Waals surface area contributed by atoms with Crippen LogP contribution in [-0.4, -0.2) is 11.5 Å². The molecule has 14 heavy (non-hydrogen) atoms.